The van der Waals surface area contributed by atoms with Gasteiger partial charge < -0.3 is 15.0 Å². The average Bonchev–Trinajstić information content (AvgIpc) is 3.20. The van der Waals surface area contributed by atoms with Gasteiger partial charge in [0.25, 0.3) is 5.91 Å². The van der Waals surface area contributed by atoms with Crippen LogP contribution in [0.15, 0.2) is 48.8 Å². The second kappa shape index (κ2) is 8.53. The first-order valence-corrected chi connectivity index (χ1v) is 9.92. The Balaban J connectivity index is 1.68. The molecule has 0 bridgehead atoms. The number of aromatic amines is 1. The summed E-state index contributed by atoms with van der Waals surface area (Å²) in [4.78, 5) is 24.4. The zero-order valence-electron chi connectivity index (χ0n) is 18.0. The SMILES string of the molecule is CNC(=O)c1cc2cc(Nc3nc(-c4cc(COC)ccn4)cc[n+]3C)cc(C)c2[nH]1. The summed E-state index contributed by atoms with van der Waals surface area (Å²) < 4.78 is 7.13. The molecule has 0 unspecified atom stereocenters. The van der Waals surface area contributed by atoms with E-state index >= 15 is 0 Å². The van der Waals surface area contributed by atoms with Crippen LogP contribution in [-0.2, 0) is 18.4 Å². The molecule has 8 heteroatoms. The molecule has 3 aromatic heterocycles. The molecule has 0 aliphatic rings. The predicted octanol–water partition coefficient (Wildman–Crippen LogP) is 3.01. The predicted molar refractivity (Wildman–Crippen MR) is 119 cm³/mol. The van der Waals surface area contributed by atoms with E-state index < -0.39 is 0 Å². The van der Waals surface area contributed by atoms with Crippen molar-refractivity contribution in [2.45, 2.75) is 13.5 Å². The highest BCUT2D eigenvalue weighted by Gasteiger charge is 2.16. The van der Waals surface area contributed by atoms with E-state index in [1.807, 2.05) is 61.1 Å². The van der Waals surface area contributed by atoms with Gasteiger partial charge in [0, 0.05) is 37.3 Å². The molecule has 0 aliphatic carbocycles. The molecule has 0 fully saturated rings. The quantitative estimate of drug-likeness (QED) is 0.419. The van der Waals surface area contributed by atoms with Crippen LogP contribution in [0.3, 0.4) is 0 Å². The molecule has 3 N–H and O–H groups in total. The van der Waals surface area contributed by atoms with E-state index in [1.165, 1.54) is 0 Å². The highest BCUT2D eigenvalue weighted by molar-refractivity contribution is 5.99. The number of nitrogens with zero attached hydrogens (tertiary/aromatic N) is 3. The van der Waals surface area contributed by atoms with Gasteiger partial charge in [0.15, 0.2) is 5.69 Å². The molecule has 0 spiro atoms. The Morgan fingerprint density at radius 2 is 2.03 bits per heavy atom. The highest BCUT2D eigenvalue weighted by atomic mass is 16.5. The number of amides is 1. The van der Waals surface area contributed by atoms with Gasteiger partial charge in [-0.2, -0.15) is 0 Å². The number of rotatable bonds is 6. The number of ether oxygens (including phenoxy) is 1. The maximum Gasteiger partial charge on any atom is 0.396 e. The Hall–Kier alpha value is -3.78. The van der Waals surface area contributed by atoms with Crippen molar-refractivity contribution in [3.63, 3.8) is 0 Å². The van der Waals surface area contributed by atoms with Crippen LogP contribution >= 0.6 is 0 Å². The molecule has 158 valence electrons. The third-order valence-corrected chi connectivity index (χ3v) is 5.07. The number of aryl methyl sites for hydroxylation is 2. The highest BCUT2D eigenvalue weighted by Crippen LogP contribution is 2.26. The van der Waals surface area contributed by atoms with E-state index in [2.05, 4.69) is 20.6 Å². The van der Waals surface area contributed by atoms with Crippen molar-refractivity contribution in [2.75, 3.05) is 19.5 Å². The summed E-state index contributed by atoms with van der Waals surface area (Å²) in [5, 5.41) is 6.99. The first-order chi connectivity index (χ1) is 15.0. The Bertz CT molecular complexity index is 1260. The van der Waals surface area contributed by atoms with Crippen molar-refractivity contribution in [2.24, 2.45) is 7.05 Å². The lowest BCUT2D eigenvalue weighted by Crippen LogP contribution is -2.32. The molecule has 1 amide bonds. The van der Waals surface area contributed by atoms with E-state index in [4.69, 9.17) is 9.72 Å². The molecule has 0 saturated heterocycles. The Kier molecular flexibility index (Phi) is 5.64. The standard InChI is InChI=1S/C23H24N6O2/c1-14-9-17(11-16-12-20(22(30)24-2)27-21(14)16)26-23-28-18(6-8-29(23)3)19-10-15(13-31-4)5-7-25-19/h5-12H,13H2,1-4H3,(H2,24,25,27,30)/p+1. The lowest BCUT2D eigenvalue weighted by Gasteiger charge is -2.06. The smallest absolute Gasteiger partial charge is 0.380 e. The van der Waals surface area contributed by atoms with E-state index in [0.717, 1.165) is 39.1 Å². The fourth-order valence-corrected chi connectivity index (χ4v) is 3.50. The van der Waals surface area contributed by atoms with Crippen molar-refractivity contribution in [3.05, 3.63) is 65.6 Å². The second-order valence-electron chi connectivity index (χ2n) is 7.37. The fourth-order valence-electron chi connectivity index (χ4n) is 3.50. The minimum atomic E-state index is -0.144. The maximum atomic E-state index is 12.0. The largest absolute Gasteiger partial charge is 0.396 e. The molecule has 1 aromatic carbocycles. The lowest BCUT2D eigenvalue weighted by molar-refractivity contribution is -0.659. The number of hydrogen-bond donors (Lipinski definition) is 3. The number of benzene rings is 1. The van der Waals surface area contributed by atoms with Crippen LogP contribution in [0.4, 0.5) is 11.6 Å². The van der Waals surface area contributed by atoms with Crippen molar-refractivity contribution in [3.8, 4) is 11.4 Å². The first kappa shape index (κ1) is 20.5. The third kappa shape index (κ3) is 4.24. The minimum Gasteiger partial charge on any atom is -0.380 e. The van der Waals surface area contributed by atoms with Crippen LogP contribution in [0.5, 0.6) is 0 Å². The van der Waals surface area contributed by atoms with Gasteiger partial charge in [-0.05, 0) is 48.4 Å². The zero-order valence-corrected chi connectivity index (χ0v) is 18.0. The number of pyridine rings is 1. The Morgan fingerprint density at radius 1 is 1.19 bits per heavy atom. The number of methoxy groups -OCH3 is 1. The molecule has 31 heavy (non-hydrogen) atoms. The van der Waals surface area contributed by atoms with E-state index in [1.54, 1.807) is 20.4 Å². The zero-order chi connectivity index (χ0) is 22.0. The second-order valence-corrected chi connectivity index (χ2v) is 7.37. The summed E-state index contributed by atoms with van der Waals surface area (Å²) in [5.74, 6) is 0.534. The van der Waals surface area contributed by atoms with E-state index in [9.17, 15) is 4.79 Å². The number of carbonyl (C=O) groups is 1. The van der Waals surface area contributed by atoms with Crippen molar-refractivity contribution < 1.29 is 14.1 Å². The number of aromatic nitrogens is 4. The number of anilines is 2. The van der Waals surface area contributed by atoms with Gasteiger partial charge in [-0.1, -0.05) is 4.98 Å². The van der Waals surface area contributed by atoms with Crippen LogP contribution in [-0.4, -0.2) is 35.0 Å². The van der Waals surface area contributed by atoms with Gasteiger partial charge in [-0.15, -0.1) is 0 Å². The number of H-pyrrole nitrogens is 1. The fraction of sp³-hybridized carbons (Fsp3) is 0.217. The molecule has 3 heterocycles. The molecule has 0 saturated carbocycles. The number of fused-ring (bicyclic) bond motifs is 1. The van der Waals surface area contributed by atoms with Gasteiger partial charge in [-0.25, -0.2) is 9.88 Å². The first-order valence-electron chi connectivity index (χ1n) is 9.92. The third-order valence-electron chi connectivity index (χ3n) is 5.07. The molecule has 0 aliphatic heterocycles. The van der Waals surface area contributed by atoms with E-state index in [-0.39, 0.29) is 5.91 Å². The molecule has 0 atom stereocenters. The summed E-state index contributed by atoms with van der Waals surface area (Å²) in [7, 11) is 5.22. The molecule has 4 rings (SSSR count). The summed E-state index contributed by atoms with van der Waals surface area (Å²) in [5.41, 5.74) is 5.97. The topological polar surface area (TPSA) is 95.8 Å². The van der Waals surface area contributed by atoms with Crippen LogP contribution < -0.4 is 15.2 Å². The number of hydrogen-bond acceptors (Lipinski definition) is 5. The van der Waals surface area contributed by atoms with E-state index in [0.29, 0.717) is 18.2 Å². The van der Waals surface area contributed by atoms with Gasteiger partial charge in [0.2, 0.25) is 0 Å². The Morgan fingerprint density at radius 3 is 2.81 bits per heavy atom. The molecular weight excluding hydrogens is 392 g/mol. The number of carbonyl (C=O) groups excluding carboxylic acids is 1. The summed E-state index contributed by atoms with van der Waals surface area (Å²) >= 11 is 0. The normalized spacial score (nSPS) is 11.0. The van der Waals surface area contributed by atoms with Gasteiger partial charge in [0.1, 0.15) is 17.1 Å². The lowest BCUT2D eigenvalue weighted by atomic mass is 10.1. The summed E-state index contributed by atoms with van der Waals surface area (Å²) in [6, 6.07) is 11.7. The van der Waals surface area contributed by atoms with Crippen LogP contribution in [0.1, 0.15) is 21.6 Å². The summed E-state index contributed by atoms with van der Waals surface area (Å²) in [6.07, 6.45) is 3.71. The molecular formula is C23H25N6O2+. The number of nitrogens with one attached hydrogen (secondary N) is 3. The van der Waals surface area contributed by atoms with Gasteiger partial charge >= 0.3 is 5.95 Å². The average molecular weight is 417 g/mol. The summed E-state index contributed by atoms with van der Waals surface area (Å²) in [6.45, 7) is 2.53. The van der Waals surface area contributed by atoms with Crippen LogP contribution in [0, 0.1) is 6.92 Å². The molecule has 4 aromatic rings. The minimum absolute atomic E-state index is 0.144. The monoisotopic (exact) mass is 417 g/mol. The maximum absolute atomic E-state index is 12.0. The van der Waals surface area contributed by atoms with Crippen molar-refractivity contribution in [1.29, 1.82) is 0 Å². The van der Waals surface area contributed by atoms with Crippen molar-refractivity contribution in [1.82, 2.24) is 20.3 Å². The molecule has 0 radical (unpaired) electrons. The van der Waals surface area contributed by atoms with Crippen molar-refractivity contribution >= 4 is 28.4 Å². The molecule has 8 nitrogen and oxygen atoms in total. The van der Waals surface area contributed by atoms with Gasteiger partial charge in [-0.3, -0.25) is 9.78 Å². The van der Waals surface area contributed by atoms with Crippen LogP contribution in [0.25, 0.3) is 22.3 Å². The van der Waals surface area contributed by atoms with Crippen LogP contribution in [0.2, 0.25) is 0 Å². The van der Waals surface area contributed by atoms with Gasteiger partial charge in [0.05, 0.1) is 19.9 Å². The Labute approximate surface area is 180 Å².